The lowest BCUT2D eigenvalue weighted by molar-refractivity contribution is -0.137. The summed E-state index contributed by atoms with van der Waals surface area (Å²) in [7, 11) is 1.60. The van der Waals surface area contributed by atoms with Crippen molar-refractivity contribution in [1.29, 1.82) is 0 Å². The molecule has 196 valence electrons. The van der Waals surface area contributed by atoms with Crippen molar-refractivity contribution >= 4 is 23.1 Å². The van der Waals surface area contributed by atoms with E-state index in [1.807, 2.05) is 42.6 Å². The normalized spacial score (nSPS) is 16.7. The number of thiophene rings is 1. The third-order valence-electron chi connectivity index (χ3n) is 7.31. The number of aromatic nitrogens is 1. The summed E-state index contributed by atoms with van der Waals surface area (Å²) in [5, 5.41) is 3.87. The zero-order chi connectivity index (χ0) is 26.4. The van der Waals surface area contributed by atoms with Gasteiger partial charge in [0.05, 0.1) is 31.0 Å². The predicted octanol–water partition coefficient (Wildman–Crippen LogP) is 7.58. The highest BCUT2D eigenvalue weighted by molar-refractivity contribution is 7.15. The van der Waals surface area contributed by atoms with E-state index in [1.165, 1.54) is 22.6 Å². The largest absolute Gasteiger partial charge is 0.497 e. The average molecular weight is 538 g/mol. The van der Waals surface area contributed by atoms with Crippen LogP contribution in [0, 0.1) is 0 Å². The van der Waals surface area contributed by atoms with Gasteiger partial charge in [-0.05, 0) is 79.3 Å². The maximum Gasteiger partial charge on any atom is 0.416 e. The molecule has 1 aliphatic carbocycles. The molecule has 0 bridgehead atoms. The third-order valence-corrected chi connectivity index (χ3v) is 8.65. The Bertz CT molecular complexity index is 1490. The van der Waals surface area contributed by atoms with Gasteiger partial charge in [0.2, 0.25) is 0 Å². The summed E-state index contributed by atoms with van der Waals surface area (Å²) < 4.78 is 47.5. The fourth-order valence-electron chi connectivity index (χ4n) is 5.49. The number of halogens is 3. The van der Waals surface area contributed by atoms with Crippen LogP contribution in [-0.2, 0) is 25.6 Å². The molecule has 9 heteroatoms. The van der Waals surface area contributed by atoms with Gasteiger partial charge in [0, 0.05) is 22.3 Å². The Morgan fingerprint density at radius 1 is 1.03 bits per heavy atom. The molecule has 1 unspecified atom stereocenters. The van der Waals surface area contributed by atoms with Gasteiger partial charge in [0.1, 0.15) is 10.8 Å². The Hall–Kier alpha value is -3.72. The molecule has 4 aromatic rings. The maximum atomic E-state index is 13.9. The van der Waals surface area contributed by atoms with Crippen LogP contribution in [0.4, 0.5) is 23.7 Å². The van der Waals surface area contributed by atoms with E-state index >= 15 is 0 Å². The molecule has 1 aliphatic heterocycles. The number of methoxy groups -OCH3 is 1. The second kappa shape index (κ2) is 9.54. The zero-order valence-electron chi connectivity index (χ0n) is 20.7. The number of anilines is 1. The lowest BCUT2D eigenvalue weighted by Crippen LogP contribution is -2.38. The number of rotatable bonds is 3. The number of urea groups is 1. The molecule has 0 saturated carbocycles. The molecule has 5 nitrogen and oxygen atoms in total. The van der Waals surface area contributed by atoms with E-state index in [0.717, 1.165) is 59.6 Å². The van der Waals surface area contributed by atoms with Crippen molar-refractivity contribution in [1.82, 2.24) is 9.47 Å². The van der Waals surface area contributed by atoms with Crippen LogP contribution in [0.15, 0.2) is 66.9 Å². The number of nitrogens with one attached hydrogen (secondary N) is 1. The molecule has 2 aromatic heterocycles. The van der Waals surface area contributed by atoms with Gasteiger partial charge in [-0.3, -0.25) is 0 Å². The summed E-state index contributed by atoms with van der Waals surface area (Å²) in [6.07, 6.45) is 1.78. The van der Waals surface area contributed by atoms with Crippen molar-refractivity contribution < 1.29 is 22.7 Å². The molecule has 3 heterocycles. The van der Waals surface area contributed by atoms with E-state index in [4.69, 9.17) is 4.74 Å². The number of fused-ring (bicyclic) bond motifs is 5. The van der Waals surface area contributed by atoms with Gasteiger partial charge >= 0.3 is 12.2 Å². The number of aryl methyl sites for hydroxylation is 1. The first-order valence-corrected chi connectivity index (χ1v) is 13.3. The molecule has 1 atom stereocenters. The first-order valence-electron chi connectivity index (χ1n) is 12.5. The quantitative estimate of drug-likeness (QED) is 0.293. The van der Waals surface area contributed by atoms with Gasteiger partial charge in [0.15, 0.2) is 0 Å². The highest BCUT2D eigenvalue weighted by Gasteiger charge is 2.36. The van der Waals surface area contributed by atoms with Crippen LogP contribution in [-0.4, -0.2) is 22.6 Å². The summed E-state index contributed by atoms with van der Waals surface area (Å²) in [4.78, 5) is 17.0. The number of amides is 2. The Kier molecular flexibility index (Phi) is 6.18. The van der Waals surface area contributed by atoms with Gasteiger partial charge in [-0.25, -0.2) is 4.79 Å². The van der Waals surface area contributed by atoms with Gasteiger partial charge in [0.25, 0.3) is 0 Å². The highest BCUT2D eigenvalue weighted by Crippen LogP contribution is 2.44. The van der Waals surface area contributed by atoms with E-state index in [1.54, 1.807) is 23.3 Å². The second-order valence-electron chi connectivity index (χ2n) is 9.61. The maximum absolute atomic E-state index is 13.9. The van der Waals surface area contributed by atoms with Crippen LogP contribution in [0.5, 0.6) is 5.75 Å². The SMILES string of the molecule is COc1ccc(C2c3cccn3-c3sc4c(c3CN2C(=O)Nc2cccc(C(F)(F)F)c2)CCCC4)cc1. The van der Waals surface area contributed by atoms with Gasteiger partial charge in [-0.1, -0.05) is 18.2 Å². The molecule has 2 aromatic carbocycles. The smallest absolute Gasteiger partial charge is 0.416 e. The van der Waals surface area contributed by atoms with Crippen molar-refractivity contribution in [3.05, 3.63) is 99.7 Å². The van der Waals surface area contributed by atoms with Crippen LogP contribution in [0.25, 0.3) is 5.00 Å². The minimum atomic E-state index is -4.50. The Labute approximate surface area is 222 Å². The van der Waals surface area contributed by atoms with Crippen molar-refractivity contribution in [3.8, 4) is 10.8 Å². The summed E-state index contributed by atoms with van der Waals surface area (Å²) in [5.74, 6) is 0.700. The number of hydrogen-bond acceptors (Lipinski definition) is 3. The van der Waals surface area contributed by atoms with E-state index in [9.17, 15) is 18.0 Å². The van der Waals surface area contributed by atoms with Crippen LogP contribution in [0.1, 0.15) is 51.7 Å². The fraction of sp³-hybridized carbons (Fsp3) is 0.276. The van der Waals surface area contributed by atoms with Crippen LogP contribution in [0.2, 0.25) is 0 Å². The number of hydrogen-bond donors (Lipinski definition) is 1. The summed E-state index contributed by atoms with van der Waals surface area (Å²) in [5.41, 5.74) is 3.53. The van der Waals surface area contributed by atoms with Crippen molar-refractivity contribution in [3.63, 3.8) is 0 Å². The van der Waals surface area contributed by atoms with Gasteiger partial charge < -0.3 is 19.5 Å². The molecular formula is C29H26F3N3O2S. The minimum Gasteiger partial charge on any atom is -0.497 e. The van der Waals surface area contributed by atoms with Crippen LogP contribution >= 0.6 is 11.3 Å². The average Bonchev–Trinajstić information content (AvgIpc) is 3.50. The summed E-state index contributed by atoms with van der Waals surface area (Å²) in [6.45, 7) is 0.352. The summed E-state index contributed by atoms with van der Waals surface area (Å²) >= 11 is 1.78. The predicted molar refractivity (Wildman–Crippen MR) is 141 cm³/mol. The molecule has 0 fully saturated rings. The molecule has 0 spiro atoms. The number of ether oxygens (including phenoxy) is 1. The molecule has 2 amide bonds. The molecule has 0 saturated heterocycles. The van der Waals surface area contributed by atoms with Crippen molar-refractivity contribution in [2.45, 2.75) is 44.4 Å². The molecule has 6 rings (SSSR count). The van der Waals surface area contributed by atoms with Crippen molar-refractivity contribution in [2.24, 2.45) is 0 Å². The Morgan fingerprint density at radius 2 is 1.82 bits per heavy atom. The van der Waals surface area contributed by atoms with E-state index in [0.29, 0.717) is 12.3 Å². The monoisotopic (exact) mass is 537 g/mol. The minimum absolute atomic E-state index is 0.102. The Balaban J connectivity index is 1.46. The number of benzene rings is 2. The van der Waals surface area contributed by atoms with Gasteiger partial charge in [-0.2, -0.15) is 13.2 Å². The zero-order valence-corrected chi connectivity index (χ0v) is 21.5. The molecule has 1 N–H and O–H groups in total. The summed E-state index contributed by atoms with van der Waals surface area (Å²) in [6, 6.07) is 15.4. The first-order chi connectivity index (χ1) is 18.3. The van der Waals surface area contributed by atoms with E-state index in [-0.39, 0.29) is 5.69 Å². The number of nitrogens with zero attached hydrogens (tertiary/aromatic N) is 2. The topological polar surface area (TPSA) is 46.5 Å². The van der Waals surface area contributed by atoms with Crippen molar-refractivity contribution in [2.75, 3.05) is 12.4 Å². The lowest BCUT2D eigenvalue weighted by Gasteiger charge is -2.31. The van der Waals surface area contributed by atoms with Crippen LogP contribution < -0.4 is 10.1 Å². The molecule has 0 radical (unpaired) electrons. The van der Waals surface area contributed by atoms with E-state index < -0.39 is 23.8 Å². The molecule has 38 heavy (non-hydrogen) atoms. The molecular weight excluding hydrogens is 511 g/mol. The van der Waals surface area contributed by atoms with E-state index in [2.05, 4.69) is 9.88 Å². The first kappa shape index (κ1) is 24.6. The van der Waals surface area contributed by atoms with Gasteiger partial charge in [-0.15, -0.1) is 11.3 Å². The number of alkyl halides is 3. The lowest BCUT2D eigenvalue weighted by atomic mass is 9.95. The number of carbonyl (C=O) groups is 1. The fourth-order valence-corrected chi connectivity index (χ4v) is 6.90. The Morgan fingerprint density at radius 3 is 2.58 bits per heavy atom. The second-order valence-corrected chi connectivity index (χ2v) is 10.7. The highest BCUT2D eigenvalue weighted by atomic mass is 32.1. The number of carbonyl (C=O) groups excluding carboxylic acids is 1. The standard InChI is InChI=1S/C29H26F3N3O2S/c1-37-21-13-11-18(12-14-21)26-24-9-5-15-34(24)27-23(22-8-2-3-10-25(22)38-27)17-35(26)28(36)33-20-7-4-6-19(16-20)29(30,31)32/h4-7,9,11-16,26H,2-3,8,10,17H2,1H3,(H,33,36). The molecule has 2 aliphatic rings. The third kappa shape index (κ3) is 4.34. The van der Waals surface area contributed by atoms with Crippen LogP contribution in [0.3, 0.4) is 0 Å².